The summed E-state index contributed by atoms with van der Waals surface area (Å²) in [5, 5.41) is 6.78. The first kappa shape index (κ1) is 7.99. The minimum atomic E-state index is 0.644. The Morgan fingerprint density at radius 2 is 2.42 bits per heavy atom. The second-order valence-corrected chi connectivity index (χ2v) is 4.14. The van der Waals surface area contributed by atoms with Crippen molar-refractivity contribution in [3.8, 4) is 5.13 Å². The molecule has 4 nitrogen and oxygen atoms in total. The summed E-state index contributed by atoms with van der Waals surface area (Å²) in [5.41, 5.74) is 5.75. The van der Waals surface area contributed by atoms with Gasteiger partial charge in [-0.3, -0.25) is 0 Å². The highest BCUT2D eigenvalue weighted by Gasteiger charge is 2.07. The van der Waals surface area contributed by atoms with Gasteiger partial charge < -0.3 is 5.73 Å². The fourth-order valence-electron chi connectivity index (χ4n) is 0.811. The fourth-order valence-corrected chi connectivity index (χ4v) is 1.77. The molecule has 2 aromatic rings. The molecule has 6 heteroatoms. The molecule has 2 rings (SSSR count). The van der Waals surface area contributed by atoms with Crippen LogP contribution in [0, 0.1) is 3.57 Å². The minimum absolute atomic E-state index is 0.644. The van der Waals surface area contributed by atoms with Crippen LogP contribution in [0.5, 0.6) is 0 Å². The molecule has 0 atom stereocenters. The predicted octanol–water partition coefficient (Wildman–Crippen LogP) is 1.52. The van der Waals surface area contributed by atoms with Crippen molar-refractivity contribution in [3.63, 3.8) is 0 Å². The SMILES string of the molecule is Nc1c(I)cnn1-c1nccs1. The molecule has 0 amide bonds. The molecule has 2 heterocycles. The number of nitrogens with zero attached hydrogens (tertiary/aromatic N) is 3. The van der Waals surface area contributed by atoms with Crippen molar-refractivity contribution < 1.29 is 0 Å². The first-order valence-electron chi connectivity index (χ1n) is 3.18. The third kappa shape index (κ3) is 1.20. The summed E-state index contributed by atoms with van der Waals surface area (Å²) in [5.74, 6) is 0.644. The number of nitrogens with two attached hydrogens (primary N) is 1. The molecule has 0 radical (unpaired) electrons. The van der Waals surface area contributed by atoms with Crippen LogP contribution in [0.2, 0.25) is 0 Å². The Labute approximate surface area is 86.6 Å². The van der Waals surface area contributed by atoms with Crippen molar-refractivity contribution in [1.82, 2.24) is 14.8 Å². The van der Waals surface area contributed by atoms with Gasteiger partial charge in [0.05, 0.1) is 9.77 Å². The zero-order chi connectivity index (χ0) is 8.55. The lowest BCUT2D eigenvalue weighted by atomic mass is 10.7. The number of aromatic nitrogens is 3. The lowest BCUT2D eigenvalue weighted by Crippen LogP contribution is -2.01. The Bertz CT molecular complexity index is 380. The topological polar surface area (TPSA) is 56.7 Å². The normalized spacial score (nSPS) is 10.4. The summed E-state index contributed by atoms with van der Waals surface area (Å²) in [7, 11) is 0. The van der Waals surface area contributed by atoms with Crippen LogP contribution < -0.4 is 5.73 Å². The summed E-state index contributed by atoms with van der Waals surface area (Å²) in [6, 6.07) is 0. The molecule has 0 fully saturated rings. The van der Waals surface area contributed by atoms with E-state index in [1.807, 2.05) is 5.38 Å². The molecule has 0 aliphatic rings. The van der Waals surface area contributed by atoms with E-state index in [1.54, 1.807) is 17.1 Å². The van der Waals surface area contributed by atoms with Crippen LogP contribution in [0.15, 0.2) is 17.8 Å². The number of hydrogen-bond donors (Lipinski definition) is 1. The molecule has 0 saturated heterocycles. The van der Waals surface area contributed by atoms with Crippen LogP contribution in [-0.2, 0) is 0 Å². The summed E-state index contributed by atoms with van der Waals surface area (Å²) in [6.45, 7) is 0. The van der Waals surface area contributed by atoms with Crippen molar-refractivity contribution in [2.45, 2.75) is 0 Å². The van der Waals surface area contributed by atoms with Crippen molar-refractivity contribution in [1.29, 1.82) is 0 Å². The van der Waals surface area contributed by atoms with Gasteiger partial charge in [0.15, 0.2) is 0 Å². The van der Waals surface area contributed by atoms with Crippen molar-refractivity contribution >= 4 is 39.7 Å². The second kappa shape index (κ2) is 3.02. The van der Waals surface area contributed by atoms with E-state index in [9.17, 15) is 0 Å². The number of hydrogen-bond acceptors (Lipinski definition) is 4. The van der Waals surface area contributed by atoms with E-state index in [-0.39, 0.29) is 0 Å². The Hall–Kier alpha value is -0.630. The standard InChI is InChI=1S/C6H5IN4S/c7-4-3-10-11(5(4)8)6-9-1-2-12-6/h1-3H,8H2. The molecule has 0 bridgehead atoms. The largest absolute Gasteiger partial charge is 0.383 e. The predicted molar refractivity (Wildman–Crippen MR) is 56.4 cm³/mol. The Morgan fingerprint density at radius 3 is 2.92 bits per heavy atom. The average Bonchev–Trinajstić information content (AvgIpc) is 2.64. The summed E-state index contributed by atoms with van der Waals surface area (Å²) >= 11 is 3.65. The minimum Gasteiger partial charge on any atom is -0.383 e. The third-order valence-electron chi connectivity index (χ3n) is 1.36. The molecule has 62 valence electrons. The van der Waals surface area contributed by atoms with Crippen molar-refractivity contribution in [2.75, 3.05) is 5.73 Å². The molecule has 2 N–H and O–H groups in total. The molecule has 12 heavy (non-hydrogen) atoms. The zero-order valence-electron chi connectivity index (χ0n) is 5.94. The molecule has 2 aromatic heterocycles. The molecule has 0 aliphatic heterocycles. The second-order valence-electron chi connectivity index (χ2n) is 2.10. The molecule has 0 aromatic carbocycles. The van der Waals surface area contributed by atoms with Gasteiger partial charge in [-0.05, 0) is 22.6 Å². The van der Waals surface area contributed by atoms with Crippen LogP contribution in [0.3, 0.4) is 0 Å². The molecule has 0 spiro atoms. The molecule has 0 saturated carbocycles. The number of nitrogen functional groups attached to an aromatic ring is 1. The van der Waals surface area contributed by atoms with Gasteiger partial charge in [0, 0.05) is 11.6 Å². The molecule has 0 unspecified atom stereocenters. The lowest BCUT2D eigenvalue weighted by Gasteiger charge is -1.96. The van der Waals surface area contributed by atoms with Gasteiger partial charge in [0.25, 0.3) is 0 Å². The highest BCUT2D eigenvalue weighted by atomic mass is 127. The van der Waals surface area contributed by atoms with Gasteiger partial charge >= 0.3 is 0 Å². The summed E-state index contributed by atoms with van der Waals surface area (Å²) in [6.07, 6.45) is 3.45. The van der Waals surface area contributed by atoms with Gasteiger partial charge in [-0.1, -0.05) is 0 Å². The van der Waals surface area contributed by atoms with E-state index in [2.05, 4.69) is 32.7 Å². The first-order chi connectivity index (χ1) is 5.79. The number of anilines is 1. The van der Waals surface area contributed by atoms with Gasteiger partial charge in [0.2, 0.25) is 5.13 Å². The Kier molecular flexibility index (Phi) is 2.01. The van der Waals surface area contributed by atoms with E-state index < -0.39 is 0 Å². The quantitative estimate of drug-likeness (QED) is 0.811. The smallest absolute Gasteiger partial charge is 0.212 e. The van der Waals surface area contributed by atoms with Gasteiger partial charge in [-0.15, -0.1) is 11.3 Å². The lowest BCUT2D eigenvalue weighted by molar-refractivity contribution is 0.880. The van der Waals surface area contributed by atoms with Crippen LogP contribution >= 0.6 is 33.9 Å². The first-order valence-corrected chi connectivity index (χ1v) is 5.14. The Balaban J connectivity index is 2.55. The van der Waals surface area contributed by atoms with Crippen molar-refractivity contribution in [3.05, 3.63) is 21.3 Å². The van der Waals surface area contributed by atoms with Crippen molar-refractivity contribution in [2.24, 2.45) is 0 Å². The molecular formula is C6H5IN4S. The maximum atomic E-state index is 5.75. The zero-order valence-corrected chi connectivity index (χ0v) is 8.91. The maximum Gasteiger partial charge on any atom is 0.212 e. The average molecular weight is 292 g/mol. The highest BCUT2D eigenvalue weighted by Crippen LogP contribution is 2.19. The number of thiazole rings is 1. The fraction of sp³-hybridized carbons (Fsp3) is 0. The van der Waals surface area contributed by atoms with E-state index in [4.69, 9.17) is 5.73 Å². The summed E-state index contributed by atoms with van der Waals surface area (Å²) in [4.78, 5) is 4.10. The number of rotatable bonds is 1. The third-order valence-corrected chi connectivity index (χ3v) is 2.94. The highest BCUT2D eigenvalue weighted by molar-refractivity contribution is 14.1. The van der Waals surface area contributed by atoms with E-state index in [0.717, 1.165) is 8.70 Å². The van der Waals surface area contributed by atoms with Crippen LogP contribution in [0.4, 0.5) is 5.82 Å². The van der Waals surface area contributed by atoms with E-state index >= 15 is 0 Å². The monoisotopic (exact) mass is 292 g/mol. The van der Waals surface area contributed by atoms with E-state index in [1.165, 1.54) is 11.3 Å². The van der Waals surface area contributed by atoms with Crippen LogP contribution in [0.25, 0.3) is 5.13 Å². The number of halogens is 1. The van der Waals surface area contributed by atoms with Gasteiger partial charge in [-0.2, -0.15) is 9.78 Å². The van der Waals surface area contributed by atoms with Gasteiger partial charge in [-0.25, -0.2) is 4.98 Å². The van der Waals surface area contributed by atoms with Crippen LogP contribution in [-0.4, -0.2) is 14.8 Å². The van der Waals surface area contributed by atoms with Crippen LogP contribution in [0.1, 0.15) is 0 Å². The van der Waals surface area contributed by atoms with E-state index in [0.29, 0.717) is 5.82 Å². The summed E-state index contributed by atoms with van der Waals surface area (Å²) < 4.78 is 2.58. The molecular weight excluding hydrogens is 287 g/mol. The van der Waals surface area contributed by atoms with Gasteiger partial charge in [0.1, 0.15) is 5.82 Å². The maximum absolute atomic E-state index is 5.75. The molecule has 0 aliphatic carbocycles. The Morgan fingerprint density at radius 1 is 1.58 bits per heavy atom.